The van der Waals surface area contributed by atoms with Crippen LogP contribution in [0.15, 0.2) is 6.33 Å². The molecule has 0 amide bonds. The Morgan fingerprint density at radius 1 is 1.38 bits per heavy atom. The zero-order valence-electron chi connectivity index (χ0n) is 9.29. The first kappa shape index (κ1) is 11.6. The molecular weight excluding hydrogens is 229 g/mol. The highest BCUT2D eigenvalue weighted by molar-refractivity contribution is 6.29. The molecule has 0 saturated carbocycles. The number of rotatable bonds is 1. The molecule has 1 aromatic rings. The maximum absolute atomic E-state index is 13.8. The summed E-state index contributed by atoms with van der Waals surface area (Å²) < 4.78 is 13.8. The Morgan fingerprint density at radius 3 is 3.00 bits per heavy atom. The molecule has 1 saturated heterocycles. The van der Waals surface area contributed by atoms with Gasteiger partial charge in [-0.3, -0.25) is 0 Å². The second-order valence-electron chi connectivity index (χ2n) is 4.19. The highest BCUT2D eigenvalue weighted by Gasteiger charge is 2.22. The van der Waals surface area contributed by atoms with Crippen LogP contribution in [-0.2, 0) is 0 Å². The fourth-order valence-corrected chi connectivity index (χ4v) is 2.26. The van der Waals surface area contributed by atoms with Crippen molar-refractivity contribution >= 4 is 17.4 Å². The van der Waals surface area contributed by atoms with Crippen molar-refractivity contribution in [3.8, 4) is 0 Å². The molecule has 0 spiro atoms. The Balaban J connectivity index is 2.30. The molecule has 88 valence electrons. The van der Waals surface area contributed by atoms with Gasteiger partial charge in [0.2, 0.25) is 5.82 Å². The van der Waals surface area contributed by atoms with Gasteiger partial charge in [0.1, 0.15) is 6.33 Å². The summed E-state index contributed by atoms with van der Waals surface area (Å²) >= 11 is 5.67. The minimum Gasteiger partial charge on any atom is -0.351 e. The van der Waals surface area contributed by atoms with E-state index in [0.717, 1.165) is 19.4 Å². The molecule has 3 nitrogen and oxygen atoms in total. The zero-order chi connectivity index (χ0) is 11.5. The molecule has 0 aromatic carbocycles. The standard InChI is InChI=1S/C11H15ClFN3/c1-8-5-3-2-4-6-16(8)11-9(13)10(12)14-7-15-11/h7-8H,2-6H2,1H3. The monoisotopic (exact) mass is 243 g/mol. The lowest BCUT2D eigenvalue weighted by Gasteiger charge is -2.28. The van der Waals surface area contributed by atoms with Crippen molar-refractivity contribution in [1.29, 1.82) is 0 Å². The maximum Gasteiger partial charge on any atom is 0.202 e. The molecule has 5 heteroatoms. The highest BCUT2D eigenvalue weighted by Crippen LogP contribution is 2.26. The molecule has 2 rings (SSSR count). The molecule has 16 heavy (non-hydrogen) atoms. The summed E-state index contributed by atoms with van der Waals surface area (Å²) in [6.45, 7) is 2.94. The Bertz CT molecular complexity index is 372. The topological polar surface area (TPSA) is 29.0 Å². The smallest absolute Gasteiger partial charge is 0.202 e. The van der Waals surface area contributed by atoms with Crippen LogP contribution in [0.3, 0.4) is 0 Å². The predicted octanol–water partition coefficient (Wildman–Crippen LogP) is 3.04. The van der Waals surface area contributed by atoms with E-state index < -0.39 is 5.82 Å². The molecule has 1 aliphatic heterocycles. The Labute approximate surface area is 99.6 Å². The van der Waals surface area contributed by atoms with Crippen molar-refractivity contribution < 1.29 is 4.39 Å². The predicted molar refractivity (Wildman–Crippen MR) is 62.3 cm³/mol. The van der Waals surface area contributed by atoms with Crippen LogP contribution in [-0.4, -0.2) is 22.6 Å². The number of aromatic nitrogens is 2. The van der Waals surface area contributed by atoms with Crippen molar-refractivity contribution in [3.63, 3.8) is 0 Å². The van der Waals surface area contributed by atoms with Gasteiger partial charge in [-0.1, -0.05) is 24.4 Å². The third-order valence-corrected chi connectivity index (χ3v) is 3.32. The zero-order valence-corrected chi connectivity index (χ0v) is 10.0. The van der Waals surface area contributed by atoms with E-state index in [9.17, 15) is 4.39 Å². The van der Waals surface area contributed by atoms with Gasteiger partial charge >= 0.3 is 0 Å². The van der Waals surface area contributed by atoms with E-state index in [0.29, 0.717) is 11.9 Å². The van der Waals surface area contributed by atoms with Crippen molar-refractivity contribution in [2.45, 2.75) is 38.6 Å². The molecule has 0 bridgehead atoms. The molecule has 1 aliphatic rings. The minimum absolute atomic E-state index is 0.0959. The van der Waals surface area contributed by atoms with Crippen LogP contribution in [0.5, 0.6) is 0 Å². The molecule has 1 unspecified atom stereocenters. The van der Waals surface area contributed by atoms with Gasteiger partial charge in [-0.05, 0) is 19.8 Å². The number of halogens is 2. The van der Waals surface area contributed by atoms with E-state index in [1.54, 1.807) is 0 Å². The number of hydrogen-bond acceptors (Lipinski definition) is 3. The summed E-state index contributed by atoms with van der Waals surface area (Å²) in [5.41, 5.74) is 0. The molecule has 1 fully saturated rings. The fraction of sp³-hybridized carbons (Fsp3) is 0.636. The Kier molecular flexibility index (Phi) is 3.59. The summed E-state index contributed by atoms with van der Waals surface area (Å²) in [6.07, 6.45) is 5.85. The SMILES string of the molecule is CC1CCCCCN1c1ncnc(Cl)c1F. The van der Waals surface area contributed by atoms with Crippen LogP contribution in [0.4, 0.5) is 10.2 Å². The largest absolute Gasteiger partial charge is 0.351 e. The van der Waals surface area contributed by atoms with Crippen LogP contribution >= 0.6 is 11.6 Å². The lowest BCUT2D eigenvalue weighted by atomic mass is 10.1. The van der Waals surface area contributed by atoms with Gasteiger partial charge in [-0.25, -0.2) is 9.97 Å². The summed E-state index contributed by atoms with van der Waals surface area (Å²) in [6, 6.07) is 0.308. The highest BCUT2D eigenvalue weighted by atomic mass is 35.5. The maximum atomic E-state index is 13.8. The normalized spacial score (nSPS) is 21.9. The molecular formula is C11H15ClFN3. The van der Waals surface area contributed by atoms with Gasteiger partial charge in [0.05, 0.1) is 0 Å². The average Bonchev–Trinajstić information content (AvgIpc) is 2.47. The third kappa shape index (κ3) is 2.26. The number of anilines is 1. The van der Waals surface area contributed by atoms with Gasteiger partial charge in [0.15, 0.2) is 11.0 Å². The molecule has 1 aromatic heterocycles. The molecule has 0 aliphatic carbocycles. The van der Waals surface area contributed by atoms with E-state index in [4.69, 9.17) is 11.6 Å². The molecule has 0 radical (unpaired) electrons. The quantitative estimate of drug-likeness (QED) is 0.710. The Hall–Kier alpha value is -0.900. The molecule has 0 N–H and O–H groups in total. The van der Waals surface area contributed by atoms with Crippen LogP contribution in [0.2, 0.25) is 5.15 Å². The number of nitrogens with zero attached hydrogens (tertiary/aromatic N) is 3. The van der Waals surface area contributed by atoms with Crippen molar-refractivity contribution in [3.05, 3.63) is 17.3 Å². The lowest BCUT2D eigenvalue weighted by Crippen LogP contribution is -2.34. The van der Waals surface area contributed by atoms with Crippen molar-refractivity contribution in [1.82, 2.24) is 9.97 Å². The molecule has 1 atom stereocenters. The summed E-state index contributed by atoms with van der Waals surface area (Å²) in [5.74, 6) is -0.160. The van der Waals surface area contributed by atoms with E-state index in [-0.39, 0.29) is 5.15 Å². The van der Waals surface area contributed by atoms with E-state index >= 15 is 0 Å². The van der Waals surface area contributed by atoms with E-state index in [1.165, 1.54) is 19.2 Å². The van der Waals surface area contributed by atoms with Gasteiger partial charge < -0.3 is 4.90 Å². The van der Waals surface area contributed by atoms with Crippen LogP contribution in [0, 0.1) is 5.82 Å². The van der Waals surface area contributed by atoms with Crippen LogP contribution in [0.1, 0.15) is 32.6 Å². The average molecular weight is 244 g/mol. The first-order valence-corrected chi connectivity index (χ1v) is 6.00. The van der Waals surface area contributed by atoms with Gasteiger partial charge in [-0.2, -0.15) is 4.39 Å². The Morgan fingerprint density at radius 2 is 2.19 bits per heavy atom. The minimum atomic E-state index is -0.502. The summed E-state index contributed by atoms with van der Waals surface area (Å²) in [5, 5.41) is -0.0959. The van der Waals surface area contributed by atoms with Crippen LogP contribution < -0.4 is 4.90 Å². The summed E-state index contributed by atoms with van der Waals surface area (Å²) in [7, 11) is 0. The summed E-state index contributed by atoms with van der Waals surface area (Å²) in [4.78, 5) is 9.64. The van der Waals surface area contributed by atoms with Gasteiger partial charge in [-0.15, -0.1) is 0 Å². The lowest BCUT2D eigenvalue weighted by molar-refractivity contribution is 0.567. The van der Waals surface area contributed by atoms with E-state index in [2.05, 4.69) is 16.9 Å². The second-order valence-corrected chi connectivity index (χ2v) is 4.55. The fourth-order valence-electron chi connectivity index (χ4n) is 2.13. The first-order valence-electron chi connectivity index (χ1n) is 5.63. The third-order valence-electron chi connectivity index (χ3n) is 3.05. The first-order chi connectivity index (χ1) is 7.70. The van der Waals surface area contributed by atoms with Gasteiger partial charge in [0, 0.05) is 12.6 Å². The molecule has 2 heterocycles. The van der Waals surface area contributed by atoms with Crippen molar-refractivity contribution in [2.75, 3.05) is 11.4 Å². The van der Waals surface area contributed by atoms with Crippen LogP contribution in [0.25, 0.3) is 0 Å². The second kappa shape index (κ2) is 4.95. The number of hydrogen-bond donors (Lipinski definition) is 0. The van der Waals surface area contributed by atoms with Gasteiger partial charge in [0.25, 0.3) is 0 Å². The van der Waals surface area contributed by atoms with E-state index in [1.807, 2.05) is 4.90 Å². The van der Waals surface area contributed by atoms with Crippen molar-refractivity contribution in [2.24, 2.45) is 0 Å².